The average molecular weight is 200 g/mol. The van der Waals surface area contributed by atoms with Gasteiger partial charge in [0.2, 0.25) is 5.91 Å². The van der Waals surface area contributed by atoms with E-state index < -0.39 is 5.41 Å². The number of nitrogens with two attached hydrogens (primary N) is 1. The van der Waals surface area contributed by atoms with Crippen molar-refractivity contribution < 1.29 is 9.53 Å². The molecule has 4 heteroatoms. The van der Waals surface area contributed by atoms with E-state index in [0.29, 0.717) is 19.7 Å². The van der Waals surface area contributed by atoms with Gasteiger partial charge in [-0.05, 0) is 20.3 Å². The van der Waals surface area contributed by atoms with Crippen LogP contribution in [0.15, 0.2) is 0 Å². The number of hydrogen-bond donors (Lipinski definition) is 1. The summed E-state index contributed by atoms with van der Waals surface area (Å²) in [6.45, 7) is 7.06. The Hall–Kier alpha value is -0.610. The number of carbonyl (C=O) groups is 1. The van der Waals surface area contributed by atoms with Crippen LogP contribution >= 0.6 is 0 Å². The summed E-state index contributed by atoms with van der Waals surface area (Å²) in [5, 5.41) is 0. The van der Waals surface area contributed by atoms with E-state index in [4.69, 9.17) is 10.5 Å². The fourth-order valence-electron chi connectivity index (χ4n) is 1.46. The molecular weight excluding hydrogens is 180 g/mol. The van der Waals surface area contributed by atoms with E-state index in [9.17, 15) is 4.79 Å². The standard InChI is InChI=1S/C10H20N2O2/c1-10(2,8-11)9(13)12-4-3-6-14-7-5-12/h3-8,11H2,1-2H3. The minimum atomic E-state index is -0.440. The molecule has 0 bridgehead atoms. The van der Waals surface area contributed by atoms with Gasteiger partial charge >= 0.3 is 0 Å². The van der Waals surface area contributed by atoms with Crippen molar-refractivity contribution in [2.24, 2.45) is 11.1 Å². The smallest absolute Gasteiger partial charge is 0.229 e. The Labute approximate surface area is 85.4 Å². The predicted octanol–water partition coefficient (Wildman–Crippen LogP) is 0.220. The quantitative estimate of drug-likeness (QED) is 0.693. The Bertz CT molecular complexity index is 196. The van der Waals surface area contributed by atoms with Crippen molar-refractivity contribution in [1.29, 1.82) is 0 Å². The fourth-order valence-corrected chi connectivity index (χ4v) is 1.46. The second kappa shape index (κ2) is 4.75. The molecule has 1 amide bonds. The Balaban J connectivity index is 2.58. The summed E-state index contributed by atoms with van der Waals surface area (Å²) in [7, 11) is 0. The van der Waals surface area contributed by atoms with Crippen LogP contribution in [0.5, 0.6) is 0 Å². The van der Waals surface area contributed by atoms with Crippen LogP contribution in [0.1, 0.15) is 20.3 Å². The summed E-state index contributed by atoms with van der Waals surface area (Å²) in [4.78, 5) is 13.9. The van der Waals surface area contributed by atoms with Gasteiger partial charge in [0, 0.05) is 26.2 Å². The highest BCUT2D eigenvalue weighted by molar-refractivity contribution is 5.82. The van der Waals surface area contributed by atoms with Crippen molar-refractivity contribution in [3.63, 3.8) is 0 Å². The highest BCUT2D eigenvalue weighted by Gasteiger charge is 2.30. The topological polar surface area (TPSA) is 55.6 Å². The number of rotatable bonds is 2. The molecule has 14 heavy (non-hydrogen) atoms. The number of amides is 1. The number of ether oxygens (including phenoxy) is 1. The maximum atomic E-state index is 12.0. The van der Waals surface area contributed by atoms with Crippen LogP contribution in [-0.2, 0) is 9.53 Å². The third-order valence-corrected chi connectivity index (χ3v) is 2.60. The minimum Gasteiger partial charge on any atom is -0.380 e. The summed E-state index contributed by atoms with van der Waals surface area (Å²) in [6, 6.07) is 0. The molecule has 1 fully saturated rings. The third-order valence-electron chi connectivity index (χ3n) is 2.60. The molecule has 1 rings (SSSR count). The van der Waals surface area contributed by atoms with E-state index in [1.807, 2.05) is 18.7 Å². The second-order valence-electron chi connectivity index (χ2n) is 4.35. The molecule has 0 aromatic carbocycles. The highest BCUT2D eigenvalue weighted by atomic mass is 16.5. The molecule has 4 nitrogen and oxygen atoms in total. The van der Waals surface area contributed by atoms with Gasteiger partial charge in [-0.2, -0.15) is 0 Å². The van der Waals surface area contributed by atoms with Crippen LogP contribution in [-0.4, -0.2) is 43.7 Å². The van der Waals surface area contributed by atoms with E-state index in [1.165, 1.54) is 0 Å². The first-order chi connectivity index (χ1) is 6.58. The van der Waals surface area contributed by atoms with Gasteiger partial charge in [0.25, 0.3) is 0 Å². The van der Waals surface area contributed by atoms with Crippen molar-refractivity contribution in [2.45, 2.75) is 20.3 Å². The lowest BCUT2D eigenvalue weighted by Gasteiger charge is -2.29. The first kappa shape index (κ1) is 11.5. The molecule has 1 aliphatic heterocycles. The Kier molecular flexibility index (Phi) is 3.89. The molecule has 0 saturated carbocycles. The predicted molar refractivity (Wildman–Crippen MR) is 54.9 cm³/mol. The summed E-state index contributed by atoms with van der Waals surface area (Å²) < 4.78 is 5.30. The molecule has 1 aliphatic rings. The molecule has 0 aromatic rings. The fraction of sp³-hybridized carbons (Fsp3) is 0.900. The van der Waals surface area contributed by atoms with Crippen molar-refractivity contribution >= 4 is 5.91 Å². The van der Waals surface area contributed by atoms with E-state index in [1.54, 1.807) is 0 Å². The van der Waals surface area contributed by atoms with Crippen LogP contribution in [0.25, 0.3) is 0 Å². The van der Waals surface area contributed by atoms with Crippen LogP contribution in [0.2, 0.25) is 0 Å². The van der Waals surface area contributed by atoms with Crippen LogP contribution in [0.3, 0.4) is 0 Å². The number of hydrogen-bond acceptors (Lipinski definition) is 3. The van der Waals surface area contributed by atoms with E-state index in [0.717, 1.165) is 19.6 Å². The van der Waals surface area contributed by atoms with Crippen LogP contribution < -0.4 is 5.73 Å². The summed E-state index contributed by atoms with van der Waals surface area (Å²) in [5.74, 6) is 0.144. The molecule has 2 N–H and O–H groups in total. The van der Waals surface area contributed by atoms with Crippen molar-refractivity contribution in [3.05, 3.63) is 0 Å². The molecule has 82 valence electrons. The van der Waals surface area contributed by atoms with Gasteiger partial charge in [-0.1, -0.05) is 0 Å². The maximum Gasteiger partial charge on any atom is 0.229 e. The Morgan fingerprint density at radius 3 is 2.79 bits per heavy atom. The lowest BCUT2D eigenvalue weighted by molar-refractivity contribution is -0.139. The summed E-state index contributed by atoms with van der Waals surface area (Å²) in [6.07, 6.45) is 0.923. The third kappa shape index (κ3) is 2.69. The van der Waals surface area contributed by atoms with Gasteiger partial charge in [-0.3, -0.25) is 4.79 Å². The zero-order valence-corrected chi connectivity index (χ0v) is 9.08. The number of carbonyl (C=O) groups excluding carboxylic acids is 1. The van der Waals surface area contributed by atoms with Gasteiger partial charge in [0.15, 0.2) is 0 Å². The zero-order valence-electron chi connectivity index (χ0n) is 9.08. The van der Waals surface area contributed by atoms with Gasteiger partial charge in [0.1, 0.15) is 0 Å². The second-order valence-corrected chi connectivity index (χ2v) is 4.35. The molecule has 1 saturated heterocycles. The Morgan fingerprint density at radius 2 is 2.14 bits per heavy atom. The molecule has 1 heterocycles. The highest BCUT2D eigenvalue weighted by Crippen LogP contribution is 2.17. The van der Waals surface area contributed by atoms with E-state index in [-0.39, 0.29) is 5.91 Å². The number of nitrogens with zero attached hydrogens (tertiary/aromatic N) is 1. The normalized spacial score (nSPS) is 19.2. The Morgan fingerprint density at radius 1 is 1.43 bits per heavy atom. The molecule has 0 spiro atoms. The van der Waals surface area contributed by atoms with Crippen LogP contribution in [0, 0.1) is 5.41 Å². The van der Waals surface area contributed by atoms with Crippen molar-refractivity contribution in [2.75, 3.05) is 32.8 Å². The maximum absolute atomic E-state index is 12.0. The molecular formula is C10H20N2O2. The summed E-state index contributed by atoms with van der Waals surface area (Å²) in [5.41, 5.74) is 5.13. The van der Waals surface area contributed by atoms with Gasteiger partial charge in [-0.15, -0.1) is 0 Å². The summed E-state index contributed by atoms with van der Waals surface area (Å²) >= 11 is 0. The molecule has 0 aliphatic carbocycles. The van der Waals surface area contributed by atoms with Gasteiger partial charge < -0.3 is 15.4 Å². The molecule has 0 unspecified atom stereocenters. The molecule has 0 atom stereocenters. The first-order valence-corrected chi connectivity index (χ1v) is 5.15. The lowest BCUT2D eigenvalue weighted by atomic mass is 9.92. The van der Waals surface area contributed by atoms with E-state index in [2.05, 4.69) is 0 Å². The molecule has 0 radical (unpaired) electrons. The average Bonchev–Trinajstić information content (AvgIpc) is 2.44. The largest absolute Gasteiger partial charge is 0.380 e. The zero-order chi connectivity index (χ0) is 10.6. The van der Waals surface area contributed by atoms with Crippen molar-refractivity contribution in [3.8, 4) is 0 Å². The van der Waals surface area contributed by atoms with Crippen LogP contribution in [0.4, 0.5) is 0 Å². The monoisotopic (exact) mass is 200 g/mol. The lowest BCUT2D eigenvalue weighted by Crippen LogP contribution is -2.45. The molecule has 0 aromatic heterocycles. The minimum absolute atomic E-state index is 0.144. The van der Waals surface area contributed by atoms with Gasteiger partial charge in [0.05, 0.1) is 12.0 Å². The van der Waals surface area contributed by atoms with E-state index >= 15 is 0 Å². The first-order valence-electron chi connectivity index (χ1n) is 5.15. The van der Waals surface area contributed by atoms with Gasteiger partial charge in [-0.25, -0.2) is 0 Å². The SMILES string of the molecule is CC(C)(CN)C(=O)N1CCCOCC1. The van der Waals surface area contributed by atoms with Crippen molar-refractivity contribution in [1.82, 2.24) is 4.90 Å².